The molecule has 2 nitrogen and oxygen atoms in total. The Labute approximate surface area is 122 Å². The molecule has 1 aromatic rings. The van der Waals surface area contributed by atoms with E-state index in [1.165, 1.54) is 31.7 Å². The third kappa shape index (κ3) is 3.51. The summed E-state index contributed by atoms with van der Waals surface area (Å²) in [4.78, 5) is 2.41. The van der Waals surface area contributed by atoms with Crippen LogP contribution < -0.4 is 10.6 Å². The van der Waals surface area contributed by atoms with E-state index in [4.69, 9.17) is 5.73 Å². The molecule has 0 bridgehead atoms. The molecule has 2 N–H and O–H groups in total. The summed E-state index contributed by atoms with van der Waals surface area (Å²) in [5.41, 5.74) is 7.46. The van der Waals surface area contributed by atoms with Crippen LogP contribution in [0.4, 0.5) is 10.1 Å². The van der Waals surface area contributed by atoms with Crippen molar-refractivity contribution >= 4 is 5.69 Å². The van der Waals surface area contributed by atoms with E-state index in [0.717, 1.165) is 18.7 Å². The highest BCUT2D eigenvalue weighted by molar-refractivity contribution is 5.55. The van der Waals surface area contributed by atoms with Crippen LogP contribution in [-0.4, -0.2) is 12.6 Å². The van der Waals surface area contributed by atoms with Crippen LogP contribution in [0.3, 0.4) is 0 Å². The maximum atomic E-state index is 14.0. The molecule has 0 unspecified atom stereocenters. The SMILES string of the molecule is CC(C)CCN(c1cccc(F)c1CN)C1CCCC1. The summed E-state index contributed by atoms with van der Waals surface area (Å²) in [5, 5.41) is 0. The second-order valence-electron chi connectivity index (χ2n) is 6.26. The van der Waals surface area contributed by atoms with Gasteiger partial charge in [0.1, 0.15) is 5.82 Å². The molecule has 0 heterocycles. The highest BCUT2D eigenvalue weighted by atomic mass is 19.1. The van der Waals surface area contributed by atoms with Gasteiger partial charge in [0.2, 0.25) is 0 Å². The quantitative estimate of drug-likeness (QED) is 0.849. The molecule has 0 amide bonds. The van der Waals surface area contributed by atoms with Crippen LogP contribution >= 0.6 is 0 Å². The summed E-state index contributed by atoms with van der Waals surface area (Å²) in [7, 11) is 0. The van der Waals surface area contributed by atoms with E-state index in [9.17, 15) is 4.39 Å². The Hall–Kier alpha value is -1.09. The molecule has 2 rings (SSSR count). The number of nitrogens with two attached hydrogens (primary N) is 1. The molecule has 1 aliphatic rings. The van der Waals surface area contributed by atoms with Gasteiger partial charge in [-0.3, -0.25) is 0 Å². The summed E-state index contributed by atoms with van der Waals surface area (Å²) in [5.74, 6) is 0.492. The topological polar surface area (TPSA) is 29.3 Å². The summed E-state index contributed by atoms with van der Waals surface area (Å²) in [6.45, 7) is 5.75. The normalized spacial score (nSPS) is 16.1. The van der Waals surface area contributed by atoms with Crippen molar-refractivity contribution in [3.05, 3.63) is 29.6 Å². The molecule has 1 saturated carbocycles. The molecule has 1 fully saturated rings. The van der Waals surface area contributed by atoms with Gasteiger partial charge in [0.15, 0.2) is 0 Å². The van der Waals surface area contributed by atoms with E-state index in [-0.39, 0.29) is 12.4 Å². The molecule has 0 radical (unpaired) electrons. The molecule has 0 aliphatic heterocycles. The lowest BCUT2D eigenvalue weighted by Gasteiger charge is -2.33. The monoisotopic (exact) mass is 278 g/mol. The number of rotatable bonds is 6. The second-order valence-corrected chi connectivity index (χ2v) is 6.26. The van der Waals surface area contributed by atoms with E-state index >= 15 is 0 Å². The lowest BCUT2D eigenvalue weighted by Crippen LogP contribution is -2.36. The minimum atomic E-state index is -0.169. The molecular formula is C17H27FN2. The first kappa shape index (κ1) is 15.3. The third-order valence-electron chi connectivity index (χ3n) is 4.32. The van der Waals surface area contributed by atoms with E-state index in [2.05, 4.69) is 18.7 Å². The Kier molecular flexibility index (Phi) is 5.41. The van der Waals surface area contributed by atoms with Gasteiger partial charge in [0.05, 0.1) is 0 Å². The average Bonchev–Trinajstić information content (AvgIpc) is 2.93. The van der Waals surface area contributed by atoms with E-state index in [0.29, 0.717) is 17.5 Å². The molecule has 0 aromatic heterocycles. The molecule has 20 heavy (non-hydrogen) atoms. The highest BCUT2D eigenvalue weighted by Crippen LogP contribution is 2.32. The fraction of sp³-hybridized carbons (Fsp3) is 0.647. The second kappa shape index (κ2) is 7.07. The molecule has 0 spiro atoms. The van der Waals surface area contributed by atoms with E-state index in [1.54, 1.807) is 6.07 Å². The largest absolute Gasteiger partial charge is 0.368 e. The Balaban J connectivity index is 2.27. The van der Waals surface area contributed by atoms with Crippen LogP contribution in [0.2, 0.25) is 0 Å². The Morgan fingerprint density at radius 1 is 1.30 bits per heavy atom. The van der Waals surface area contributed by atoms with Crippen molar-refractivity contribution in [2.24, 2.45) is 11.7 Å². The lowest BCUT2D eigenvalue weighted by molar-refractivity contribution is 0.524. The van der Waals surface area contributed by atoms with Crippen molar-refractivity contribution < 1.29 is 4.39 Å². The van der Waals surface area contributed by atoms with Crippen molar-refractivity contribution in [2.45, 2.75) is 58.5 Å². The number of benzene rings is 1. The number of anilines is 1. The Bertz CT molecular complexity index is 425. The fourth-order valence-electron chi connectivity index (χ4n) is 3.13. The predicted molar refractivity (Wildman–Crippen MR) is 83.3 cm³/mol. The number of hydrogen-bond acceptors (Lipinski definition) is 2. The summed E-state index contributed by atoms with van der Waals surface area (Å²) in [6, 6.07) is 5.91. The zero-order valence-electron chi connectivity index (χ0n) is 12.7. The van der Waals surface area contributed by atoms with Gasteiger partial charge in [-0.1, -0.05) is 32.8 Å². The van der Waals surface area contributed by atoms with Crippen LogP contribution in [-0.2, 0) is 6.54 Å². The standard InChI is InChI=1S/C17H27FN2/c1-13(2)10-11-20(14-6-3-4-7-14)17-9-5-8-16(18)15(17)12-19/h5,8-9,13-14H,3-4,6-7,10-12,19H2,1-2H3. The van der Waals surface area contributed by atoms with Gasteiger partial charge in [-0.15, -0.1) is 0 Å². The first-order valence-electron chi connectivity index (χ1n) is 7.87. The lowest BCUT2D eigenvalue weighted by atomic mass is 10.0. The van der Waals surface area contributed by atoms with Gasteiger partial charge in [0, 0.05) is 30.4 Å². The zero-order chi connectivity index (χ0) is 14.5. The number of halogens is 1. The highest BCUT2D eigenvalue weighted by Gasteiger charge is 2.25. The van der Waals surface area contributed by atoms with Gasteiger partial charge in [-0.25, -0.2) is 4.39 Å². The van der Waals surface area contributed by atoms with Crippen LogP contribution in [0.25, 0.3) is 0 Å². The van der Waals surface area contributed by atoms with Crippen LogP contribution in [0, 0.1) is 11.7 Å². The number of nitrogens with zero attached hydrogens (tertiary/aromatic N) is 1. The Morgan fingerprint density at radius 3 is 2.60 bits per heavy atom. The first-order chi connectivity index (χ1) is 9.63. The molecule has 1 aromatic carbocycles. The van der Waals surface area contributed by atoms with E-state index in [1.807, 2.05) is 6.07 Å². The molecule has 0 atom stereocenters. The first-order valence-corrected chi connectivity index (χ1v) is 7.87. The van der Waals surface area contributed by atoms with Crippen molar-refractivity contribution in [2.75, 3.05) is 11.4 Å². The minimum absolute atomic E-state index is 0.169. The Morgan fingerprint density at radius 2 is 2.00 bits per heavy atom. The maximum Gasteiger partial charge on any atom is 0.129 e. The molecule has 112 valence electrons. The molecule has 1 aliphatic carbocycles. The minimum Gasteiger partial charge on any atom is -0.368 e. The summed E-state index contributed by atoms with van der Waals surface area (Å²) >= 11 is 0. The van der Waals surface area contributed by atoms with Crippen LogP contribution in [0.5, 0.6) is 0 Å². The van der Waals surface area contributed by atoms with Gasteiger partial charge in [-0.2, -0.15) is 0 Å². The van der Waals surface area contributed by atoms with E-state index < -0.39 is 0 Å². The van der Waals surface area contributed by atoms with Crippen molar-refractivity contribution in [1.29, 1.82) is 0 Å². The fourth-order valence-corrected chi connectivity index (χ4v) is 3.13. The summed E-state index contributed by atoms with van der Waals surface area (Å²) in [6.07, 6.45) is 6.15. The van der Waals surface area contributed by atoms with Gasteiger partial charge in [-0.05, 0) is 37.3 Å². The van der Waals surface area contributed by atoms with Crippen LogP contribution in [0.15, 0.2) is 18.2 Å². The third-order valence-corrected chi connectivity index (χ3v) is 4.32. The van der Waals surface area contributed by atoms with Crippen LogP contribution in [0.1, 0.15) is 51.5 Å². The molecular weight excluding hydrogens is 251 g/mol. The summed E-state index contributed by atoms with van der Waals surface area (Å²) < 4.78 is 14.0. The smallest absolute Gasteiger partial charge is 0.129 e. The average molecular weight is 278 g/mol. The number of hydrogen-bond donors (Lipinski definition) is 1. The van der Waals surface area contributed by atoms with Crippen molar-refractivity contribution in [1.82, 2.24) is 0 Å². The van der Waals surface area contributed by atoms with Gasteiger partial charge >= 0.3 is 0 Å². The molecule has 0 saturated heterocycles. The molecule has 3 heteroatoms. The van der Waals surface area contributed by atoms with Gasteiger partial charge in [0.25, 0.3) is 0 Å². The van der Waals surface area contributed by atoms with Crippen molar-refractivity contribution in [3.63, 3.8) is 0 Å². The predicted octanol–water partition coefficient (Wildman–Crippen LogP) is 4.08. The maximum absolute atomic E-state index is 14.0. The van der Waals surface area contributed by atoms with Crippen molar-refractivity contribution in [3.8, 4) is 0 Å². The zero-order valence-corrected chi connectivity index (χ0v) is 12.7. The van der Waals surface area contributed by atoms with Gasteiger partial charge < -0.3 is 10.6 Å².